The first-order chi connectivity index (χ1) is 9.85. The van der Waals surface area contributed by atoms with Crippen LogP contribution < -0.4 is 10.6 Å². The molecule has 1 aliphatic carbocycles. The van der Waals surface area contributed by atoms with Gasteiger partial charge in [0.25, 0.3) is 5.91 Å². The molecule has 21 heavy (non-hydrogen) atoms. The highest BCUT2D eigenvalue weighted by Gasteiger charge is 2.32. The lowest BCUT2D eigenvalue weighted by Crippen LogP contribution is -2.53. The summed E-state index contributed by atoms with van der Waals surface area (Å²) >= 11 is 0. The molecule has 4 heteroatoms. The molecule has 2 N–H and O–H groups in total. The van der Waals surface area contributed by atoms with E-state index in [4.69, 9.17) is 0 Å². The summed E-state index contributed by atoms with van der Waals surface area (Å²) in [5.41, 5.74) is 0.821. The second-order valence-corrected chi connectivity index (χ2v) is 6.75. The molecule has 2 rings (SSSR count). The fourth-order valence-electron chi connectivity index (χ4n) is 2.22. The largest absolute Gasteiger partial charge is 0.347 e. The van der Waals surface area contributed by atoms with E-state index in [0.717, 1.165) is 18.4 Å². The highest BCUT2D eigenvalue weighted by atomic mass is 16.2. The summed E-state index contributed by atoms with van der Waals surface area (Å²) < 4.78 is 0. The number of rotatable bonds is 6. The summed E-state index contributed by atoms with van der Waals surface area (Å²) in [4.78, 5) is 24.4. The molecule has 4 nitrogen and oxygen atoms in total. The number of Topliss-reactive ketones (excluding diaryl/α,β-unsaturated/α-hetero) is 1. The van der Waals surface area contributed by atoms with Gasteiger partial charge in [0, 0.05) is 11.6 Å². The predicted molar refractivity (Wildman–Crippen MR) is 83.0 cm³/mol. The maximum absolute atomic E-state index is 12.4. The Labute approximate surface area is 126 Å². The van der Waals surface area contributed by atoms with Gasteiger partial charge in [0.2, 0.25) is 5.78 Å². The molecule has 1 aliphatic rings. The molecular weight excluding hydrogens is 264 g/mol. The number of hydrogen-bond acceptors (Lipinski definition) is 3. The molecule has 114 valence electrons. The van der Waals surface area contributed by atoms with Gasteiger partial charge in [-0.15, -0.1) is 0 Å². The Kier molecular flexibility index (Phi) is 4.78. The van der Waals surface area contributed by atoms with Crippen molar-refractivity contribution in [3.05, 3.63) is 35.9 Å². The maximum atomic E-state index is 12.4. The van der Waals surface area contributed by atoms with Gasteiger partial charge in [0.15, 0.2) is 0 Å². The predicted octanol–water partition coefficient (Wildman–Crippen LogP) is 1.83. The molecule has 0 saturated heterocycles. The Morgan fingerprint density at radius 1 is 1.19 bits per heavy atom. The first-order valence-electron chi connectivity index (χ1n) is 7.51. The number of carbonyl (C=O) groups excluding carboxylic acids is 2. The van der Waals surface area contributed by atoms with E-state index < -0.39 is 11.9 Å². The van der Waals surface area contributed by atoms with Gasteiger partial charge < -0.3 is 10.6 Å². The molecule has 0 radical (unpaired) electrons. The molecule has 1 atom stereocenters. The molecule has 1 aromatic rings. The minimum atomic E-state index is -0.494. The van der Waals surface area contributed by atoms with Crippen molar-refractivity contribution in [2.45, 2.75) is 57.7 Å². The Morgan fingerprint density at radius 2 is 1.81 bits per heavy atom. The Bertz CT molecular complexity index is 501. The lowest BCUT2D eigenvalue weighted by Gasteiger charge is -2.27. The van der Waals surface area contributed by atoms with Crippen LogP contribution in [0.2, 0.25) is 0 Å². The van der Waals surface area contributed by atoms with Crippen LogP contribution >= 0.6 is 0 Å². The van der Waals surface area contributed by atoms with Crippen LogP contribution in [0.5, 0.6) is 0 Å². The highest BCUT2D eigenvalue weighted by molar-refractivity contribution is 6.38. The van der Waals surface area contributed by atoms with E-state index in [0.29, 0.717) is 6.42 Å². The van der Waals surface area contributed by atoms with Crippen LogP contribution in [-0.4, -0.2) is 29.3 Å². The zero-order chi connectivity index (χ0) is 15.5. The summed E-state index contributed by atoms with van der Waals surface area (Å²) in [6.07, 6.45) is 2.49. The molecule has 0 spiro atoms. The summed E-state index contributed by atoms with van der Waals surface area (Å²) in [5.74, 6) is -0.837. The molecule has 1 saturated carbocycles. The quantitative estimate of drug-likeness (QED) is 0.785. The normalized spacial score (nSPS) is 16.3. The van der Waals surface area contributed by atoms with Crippen molar-refractivity contribution < 1.29 is 9.59 Å². The lowest BCUT2D eigenvalue weighted by atomic mass is 9.98. The number of nitrogens with one attached hydrogen (secondary N) is 2. The van der Waals surface area contributed by atoms with Crippen LogP contribution in [-0.2, 0) is 16.0 Å². The molecule has 1 aromatic carbocycles. The van der Waals surface area contributed by atoms with E-state index in [2.05, 4.69) is 10.6 Å². The van der Waals surface area contributed by atoms with Gasteiger partial charge >= 0.3 is 0 Å². The average molecular weight is 288 g/mol. The molecule has 1 amide bonds. The maximum Gasteiger partial charge on any atom is 0.289 e. The average Bonchev–Trinajstić information content (AvgIpc) is 3.20. The van der Waals surface area contributed by atoms with Gasteiger partial charge in [-0.2, -0.15) is 0 Å². The smallest absolute Gasteiger partial charge is 0.289 e. The number of amides is 1. The van der Waals surface area contributed by atoms with Crippen LogP contribution in [0.25, 0.3) is 0 Å². The summed E-state index contributed by atoms with van der Waals surface area (Å²) in [5, 5.41) is 6.05. The number of hydrogen-bond donors (Lipinski definition) is 2. The molecular formula is C17H24N2O2. The SMILES string of the molecule is CC(C)(C)NC(Cc1ccccc1)C(=O)C(=O)NC1CC1. The Hall–Kier alpha value is -1.68. The Morgan fingerprint density at radius 3 is 2.33 bits per heavy atom. The van der Waals surface area contributed by atoms with Gasteiger partial charge in [-0.05, 0) is 45.6 Å². The van der Waals surface area contributed by atoms with E-state index in [-0.39, 0.29) is 17.4 Å². The van der Waals surface area contributed by atoms with Crippen molar-refractivity contribution in [2.75, 3.05) is 0 Å². The summed E-state index contributed by atoms with van der Waals surface area (Å²) in [6.45, 7) is 5.99. The lowest BCUT2D eigenvalue weighted by molar-refractivity contribution is -0.139. The van der Waals surface area contributed by atoms with Crippen LogP contribution in [0.4, 0.5) is 0 Å². The molecule has 1 unspecified atom stereocenters. The van der Waals surface area contributed by atoms with E-state index >= 15 is 0 Å². The second kappa shape index (κ2) is 6.39. The highest BCUT2D eigenvalue weighted by Crippen LogP contribution is 2.18. The van der Waals surface area contributed by atoms with Crippen molar-refractivity contribution >= 4 is 11.7 Å². The second-order valence-electron chi connectivity index (χ2n) is 6.75. The standard InChI is InChI=1S/C17H24N2O2/c1-17(2,3)19-14(11-12-7-5-4-6-8-12)15(20)16(21)18-13-9-10-13/h4-8,13-14,19H,9-11H2,1-3H3,(H,18,21). The fraction of sp³-hybridized carbons (Fsp3) is 0.529. The summed E-state index contributed by atoms with van der Waals surface area (Å²) in [7, 11) is 0. The zero-order valence-electron chi connectivity index (χ0n) is 13.0. The zero-order valence-corrected chi connectivity index (χ0v) is 13.0. The molecule has 0 aromatic heterocycles. The molecule has 0 bridgehead atoms. The van der Waals surface area contributed by atoms with Crippen molar-refractivity contribution in [1.82, 2.24) is 10.6 Å². The third kappa shape index (κ3) is 5.31. The van der Waals surface area contributed by atoms with Crippen LogP contribution in [0.3, 0.4) is 0 Å². The number of carbonyl (C=O) groups is 2. The van der Waals surface area contributed by atoms with Crippen molar-refractivity contribution in [2.24, 2.45) is 0 Å². The van der Waals surface area contributed by atoms with E-state index in [1.165, 1.54) is 0 Å². The van der Waals surface area contributed by atoms with Crippen molar-refractivity contribution in [1.29, 1.82) is 0 Å². The minimum Gasteiger partial charge on any atom is -0.347 e. The van der Waals surface area contributed by atoms with Gasteiger partial charge in [0.05, 0.1) is 6.04 Å². The van der Waals surface area contributed by atoms with Crippen LogP contribution in [0.15, 0.2) is 30.3 Å². The van der Waals surface area contributed by atoms with E-state index in [1.54, 1.807) is 0 Å². The molecule has 0 heterocycles. The molecule has 0 aliphatic heterocycles. The topological polar surface area (TPSA) is 58.2 Å². The van der Waals surface area contributed by atoms with Crippen LogP contribution in [0.1, 0.15) is 39.2 Å². The van der Waals surface area contributed by atoms with E-state index in [9.17, 15) is 9.59 Å². The number of benzene rings is 1. The van der Waals surface area contributed by atoms with Crippen LogP contribution in [0, 0.1) is 0 Å². The third-order valence-electron chi connectivity index (χ3n) is 3.34. The van der Waals surface area contributed by atoms with Gasteiger partial charge in [-0.25, -0.2) is 0 Å². The van der Waals surface area contributed by atoms with Crippen molar-refractivity contribution in [3.63, 3.8) is 0 Å². The monoisotopic (exact) mass is 288 g/mol. The first-order valence-corrected chi connectivity index (χ1v) is 7.51. The Balaban J connectivity index is 2.06. The third-order valence-corrected chi connectivity index (χ3v) is 3.34. The number of ketones is 1. The van der Waals surface area contributed by atoms with Gasteiger partial charge in [0.1, 0.15) is 0 Å². The van der Waals surface area contributed by atoms with Gasteiger partial charge in [-0.1, -0.05) is 30.3 Å². The van der Waals surface area contributed by atoms with Gasteiger partial charge in [-0.3, -0.25) is 9.59 Å². The van der Waals surface area contributed by atoms with E-state index in [1.807, 2.05) is 51.1 Å². The first kappa shape index (κ1) is 15.7. The molecule has 1 fully saturated rings. The fourth-order valence-corrected chi connectivity index (χ4v) is 2.22. The van der Waals surface area contributed by atoms with Crippen molar-refractivity contribution in [3.8, 4) is 0 Å². The summed E-state index contributed by atoms with van der Waals surface area (Å²) in [6, 6.07) is 9.49. The minimum absolute atomic E-state index is 0.202.